The van der Waals surface area contributed by atoms with Gasteiger partial charge >= 0.3 is 23.9 Å². The molecule has 292 valence electrons. The van der Waals surface area contributed by atoms with Crippen LogP contribution >= 0.6 is 0 Å². The first-order chi connectivity index (χ1) is 24.0. The van der Waals surface area contributed by atoms with Crippen molar-refractivity contribution in [1.82, 2.24) is 0 Å². The highest BCUT2D eigenvalue weighted by atomic mass is 16.7. The van der Waals surface area contributed by atoms with Crippen LogP contribution < -0.4 is 0 Å². The van der Waals surface area contributed by atoms with Gasteiger partial charge in [-0.15, -0.1) is 0 Å². The van der Waals surface area contributed by atoms with Crippen LogP contribution in [0, 0.1) is 50.2 Å². The second kappa shape index (κ2) is 13.1. The van der Waals surface area contributed by atoms with Crippen LogP contribution in [0.15, 0.2) is 11.6 Å². The molecular weight excluding hydrogens is 668 g/mol. The normalized spacial score (nSPS) is 46.1. The molecule has 0 aromatic rings. The van der Waals surface area contributed by atoms with Crippen LogP contribution in [0.5, 0.6) is 0 Å². The smallest absolute Gasteiger partial charge is 0.317 e. The van der Waals surface area contributed by atoms with E-state index in [1.807, 2.05) is 0 Å². The Kier molecular flexibility index (Phi) is 9.85. The molecule has 1 aliphatic heterocycles. The third-order valence-electron chi connectivity index (χ3n) is 15.6. The molecule has 1 saturated heterocycles. The van der Waals surface area contributed by atoms with Crippen LogP contribution in [0.2, 0.25) is 0 Å². The van der Waals surface area contributed by atoms with Crippen molar-refractivity contribution in [2.45, 2.75) is 164 Å². The second-order valence-corrected chi connectivity index (χ2v) is 19.3. The quantitative estimate of drug-likeness (QED) is 0.200. The average Bonchev–Trinajstić information content (AvgIpc) is 3.01. The Balaban J connectivity index is 1.37. The van der Waals surface area contributed by atoms with E-state index in [4.69, 9.17) is 23.7 Å². The highest BCUT2D eigenvalue weighted by Crippen LogP contribution is 2.75. The number of fused-ring (bicyclic) bond motifs is 7. The van der Waals surface area contributed by atoms with Gasteiger partial charge in [0, 0.05) is 20.8 Å². The lowest BCUT2D eigenvalue weighted by molar-refractivity contribution is -0.282. The summed E-state index contributed by atoms with van der Waals surface area (Å²) in [5.74, 6) is -2.28. The third kappa shape index (κ3) is 5.94. The molecule has 6 rings (SSSR count). The summed E-state index contributed by atoms with van der Waals surface area (Å²) in [6.07, 6.45) is 2.57. The van der Waals surface area contributed by atoms with E-state index in [9.17, 15) is 29.4 Å². The lowest BCUT2D eigenvalue weighted by atomic mass is 9.33. The van der Waals surface area contributed by atoms with Crippen molar-refractivity contribution in [3.05, 3.63) is 11.6 Å². The lowest BCUT2D eigenvalue weighted by Crippen LogP contribution is -2.68. The standard InChI is InChI=1S/C41H62O11/c1-22(42)49-27-21-48-34(33(51-24(3)44)32(27)50-23(2)43)52-35(47)41-18-17-36(4,5)19-26(41)25-11-12-29-38(8)15-14-30(45)37(6,7)28(38)13-16-39(29,9)40(25,10)20-31(41)46/h11,26-34,45-46H,12-21H2,1-10H3/t26-,27+,28-,29+,30-,31+,32-,33+,34-,38-,39+,40+,41+/m0/s1. The number of ether oxygens (including phenoxy) is 5. The highest BCUT2D eigenvalue weighted by Gasteiger charge is 2.71. The molecule has 2 N–H and O–H groups in total. The maximum atomic E-state index is 14.9. The van der Waals surface area contributed by atoms with E-state index >= 15 is 0 Å². The van der Waals surface area contributed by atoms with Gasteiger partial charge in [-0.25, -0.2) is 0 Å². The van der Waals surface area contributed by atoms with Gasteiger partial charge in [0.25, 0.3) is 0 Å². The molecule has 0 spiro atoms. The summed E-state index contributed by atoms with van der Waals surface area (Å²) >= 11 is 0. The Hall–Kier alpha value is -2.50. The number of esters is 4. The van der Waals surface area contributed by atoms with E-state index in [0.717, 1.165) is 32.1 Å². The fraction of sp³-hybridized carbons (Fsp3) is 0.854. The topological polar surface area (TPSA) is 155 Å². The Morgan fingerprint density at radius 3 is 2.00 bits per heavy atom. The number of rotatable bonds is 5. The van der Waals surface area contributed by atoms with Crippen molar-refractivity contribution in [1.29, 1.82) is 0 Å². The zero-order chi connectivity index (χ0) is 38.4. The van der Waals surface area contributed by atoms with Crippen molar-refractivity contribution in [2.75, 3.05) is 6.61 Å². The molecule has 0 bridgehead atoms. The van der Waals surface area contributed by atoms with Crippen LogP contribution in [0.4, 0.5) is 0 Å². The predicted molar refractivity (Wildman–Crippen MR) is 189 cm³/mol. The number of aliphatic hydroxyl groups excluding tert-OH is 2. The fourth-order valence-electron chi connectivity index (χ4n) is 12.7. The van der Waals surface area contributed by atoms with E-state index in [0.29, 0.717) is 37.5 Å². The number of aliphatic hydroxyl groups is 2. The molecule has 6 aliphatic rings. The molecule has 5 aliphatic carbocycles. The van der Waals surface area contributed by atoms with E-state index in [-0.39, 0.29) is 45.7 Å². The summed E-state index contributed by atoms with van der Waals surface area (Å²) in [6.45, 7) is 19.4. The fourth-order valence-corrected chi connectivity index (χ4v) is 12.7. The molecule has 0 radical (unpaired) electrons. The van der Waals surface area contributed by atoms with E-state index in [2.05, 4.69) is 54.5 Å². The molecule has 0 amide bonds. The molecule has 0 unspecified atom stereocenters. The van der Waals surface area contributed by atoms with E-state index in [1.165, 1.54) is 26.3 Å². The molecule has 11 heteroatoms. The molecule has 13 atom stereocenters. The van der Waals surface area contributed by atoms with Crippen molar-refractivity contribution in [3.8, 4) is 0 Å². The van der Waals surface area contributed by atoms with Crippen LogP contribution in [0.3, 0.4) is 0 Å². The first-order valence-corrected chi connectivity index (χ1v) is 19.4. The largest absolute Gasteiger partial charge is 0.456 e. The molecule has 5 fully saturated rings. The second-order valence-electron chi connectivity index (χ2n) is 19.3. The zero-order valence-electron chi connectivity index (χ0n) is 32.9. The first-order valence-electron chi connectivity index (χ1n) is 19.4. The maximum absolute atomic E-state index is 14.9. The predicted octanol–water partition coefficient (Wildman–Crippen LogP) is 5.81. The van der Waals surface area contributed by atoms with Crippen molar-refractivity contribution in [3.63, 3.8) is 0 Å². The Morgan fingerprint density at radius 1 is 0.731 bits per heavy atom. The Bertz CT molecular complexity index is 1500. The summed E-state index contributed by atoms with van der Waals surface area (Å²) in [6, 6.07) is 0. The summed E-state index contributed by atoms with van der Waals surface area (Å²) in [7, 11) is 0. The molecule has 52 heavy (non-hydrogen) atoms. The molecule has 1 heterocycles. The maximum Gasteiger partial charge on any atom is 0.317 e. The van der Waals surface area contributed by atoms with Gasteiger partial charge in [-0.05, 0) is 103 Å². The minimum atomic E-state index is -1.47. The minimum absolute atomic E-state index is 0.0253. The van der Waals surface area contributed by atoms with E-state index < -0.39 is 60.0 Å². The molecular formula is C41H62O11. The van der Waals surface area contributed by atoms with Gasteiger partial charge in [-0.3, -0.25) is 19.2 Å². The molecule has 0 aromatic heterocycles. The number of hydrogen-bond donors (Lipinski definition) is 2. The number of allylic oxidation sites excluding steroid dienone is 2. The van der Waals surface area contributed by atoms with Crippen molar-refractivity contribution in [2.24, 2.45) is 50.2 Å². The Morgan fingerprint density at radius 2 is 1.37 bits per heavy atom. The van der Waals surface area contributed by atoms with Crippen LogP contribution in [-0.2, 0) is 42.9 Å². The third-order valence-corrected chi connectivity index (χ3v) is 15.6. The molecule has 0 aromatic carbocycles. The Labute approximate surface area is 308 Å². The molecule has 4 saturated carbocycles. The van der Waals surface area contributed by atoms with Gasteiger partial charge in [0.15, 0.2) is 12.2 Å². The lowest BCUT2D eigenvalue weighted by Gasteiger charge is -2.71. The average molecular weight is 731 g/mol. The number of hydrogen-bond acceptors (Lipinski definition) is 11. The summed E-state index contributed by atoms with van der Waals surface area (Å²) in [4.78, 5) is 51.3. The van der Waals surface area contributed by atoms with Crippen molar-refractivity contribution >= 4 is 23.9 Å². The summed E-state index contributed by atoms with van der Waals surface area (Å²) < 4.78 is 28.5. The van der Waals surface area contributed by atoms with Gasteiger partial charge in [-0.1, -0.05) is 60.1 Å². The SMILES string of the molecule is CC(=O)O[C@@H]1[C@@H](OC(C)=O)[C@H](OC(=O)[C@]23CCC(C)(C)C[C@H]2C2=CC[C@@H]4[C@@]5(C)CC[C@H](O)C(C)(C)[C@@H]5CC[C@@]4(C)[C@]2(C)C[C@H]3O)OC[C@H]1OC(C)=O. The van der Waals surface area contributed by atoms with Crippen molar-refractivity contribution < 1.29 is 53.1 Å². The van der Waals surface area contributed by atoms with E-state index in [1.54, 1.807) is 0 Å². The minimum Gasteiger partial charge on any atom is -0.456 e. The zero-order valence-corrected chi connectivity index (χ0v) is 32.9. The van der Waals surface area contributed by atoms with Crippen LogP contribution in [-0.4, -0.2) is 77.5 Å². The van der Waals surface area contributed by atoms with Crippen LogP contribution in [0.25, 0.3) is 0 Å². The van der Waals surface area contributed by atoms with Gasteiger partial charge in [0.1, 0.15) is 5.41 Å². The monoisotopic (exact) mass is 730 g/mol. The van der Waals surface area contributed by atoms with Gasteiger partial charge < -0.3 is 33.9 Å². The highest BCUT2D eigenvalue weighted by molar-refractivity contribution is 5.80. The summed E-state index contributed by atoms with van der Waals surface area (Å²) in [5.41, 5.74) is -0.840. The van der Waals surface area contributed by atoms with Crippen LogP contribution in [0.1, 0.15) is 127 Å². The first kappa shape index (κ1) is 39.2. The number of carbonyl (C=O) groups excluding carboxylic acids is 4. The molecule has 11 nitrogen and oxygen atoms in total. The van der Waals surface area contributed by atoms with Gasteiger partial charge in [0.2, 0.25) is 12.4 Å². The summed E-state index contributed by atoms with van der Waals surface area (Å²) in [5, 5.41) is 23.7. The van der Waals surface area contributed by atoms with Gasteiger partial charge in [-0.2, -0.15) is 0 Å². The van der Waals surface area contributed by atoms with Gasteiger partial charge in [0.05, 0.1) is 18.8 Å². The number of carbonyl (C=O) groups is 4.